The largest absolute Gasteiger partial charge is 0.366 e. The molecule has 0 N–H and O–H groups in total. The molecule has 0 aromatic rings. The average Bonchev–Trinajstić information content (AvgIpc) is 1.80. The van der Waals surface area contributed by atoms with E-state index in [1.54, 1.807) is 0 Å². The molecule has 0 aliphatic rings. The summed E-state index contributed by atoms with van der Waals surface area (Å²) in [5.74, 6) is 1.16. The van der Waals surface area contributed by atoms with Crippen molar-refractivity contribution in [3.05, 3.63) is 0 Å². The molecule has 0 aliphatic heterocycles. The minimum Gasteiger partial charge on any atom is -0.366 e. The van der Waals surface area contributed by atoms with E-state index in [1.165, 1.54) is 0 Å². The van der Waals surface area contributed by atoms with Crippen LogP contribution < -0.4 is 0 Å². The summed E-state index contributed by atoms with van der Waals surface area (Å²) >= 11 is 0. The summed E-state index contributed by atoms with van der Waals surface area (Å²) in [6, 6.07) is 0. The van der Waals surface area contributed by atoms with E-state index < -0.39 is 0 Å². The van der Waals surface area contributed by atoms with Crippen molar-refractivity contribution in [2.45, 2.75) is 27.2 Å². The quantitative estimate of drug-likeness (QED) is 0.419. The summed E-state index contributed by atoms with van der Waals surface area (Å²) in [7, 11) is 5.92. The zero-order valence-electron chi connectivity index (χ0n) is 8.60. The second-order valence-electron chi connectivity index (χ2n) is 4.27. The van der Waals surface area contributed by atoms with Gasteiger partial charge in [0.15, 0.2) is 0 Å². The third-order valence-electron chi connectivity index (χ3n) is 1.46. The second kappa shape index (κ2) is 3.74. The van der Waals surface area contributed by atoms with E-state index in [2.05, 4.69) is 30.7 Å². The van der Waals surface area contributed by atoms with Crippen molar-refractivity contribution >= 4 is 5.84 Å². The number of hydrogen-bond donors (Lipinski definition) is 0. The molecule has 0 spiro atoms. The van der Waals surface area contributed by atoms with Gasteiger partial charge >= 0.3 is 0 Å². The Labute approximate surface area is 70.3 Å². The molecule has 66 valence electrons. The van der Waals surface area contributed by atoms with Crippen LogP contribution in [0.25, 0.3) is 0 Å². The molecule has 0 saturated heterocycles. The highest BCUT2D eigenvalue weighted by Crippen LogP contribution is 2.19. The van der Waals surface area contributed by atoms with Gasteiger partial charge in [0.2, 0.25) is 0 Å². The first-order valence-electron chi connectivity index (χ1n) is 4.00. The maximum absolute atomic E-state index is 4.22. The maximum Gasteiger partial charge on any atom is 0.0985 e. The molecular formula is C9H20N2. The molecule has 0 atom stereocenters. The lowest BCUT2D eigenvalue weighted by molar-refractivity contribution is 0.412. The van der Waals surface area contributed by atoms with Crippen molar-refractivity contribution < 1.29 is 0 Å². The smallest absolute Gasteiger partial charge is 0.0985 e. The fourth-order valence-corrected chi connectivity index (χ4v) is 0.912. The highest BCUT2D eigenvalue weighted by atomic mass is 15.1. The molecule has 0 bridgehead atoms. The molecule has 0 amide bonds. The topological polar surface area (TPSA) is 15.6 Å². The van der Waals surface area contributed by atoms with Crippen molar-refractivity contribution in [2.24, 2.45) is 10.4 Å². The summed E-state index contributed by atoms with van der Waals surface area (Å²) < 4.78 is 0. The van der Waals surface area contributed by atoms with Crippen LogP contribution in [0.2, 0.25) is 0 Å². The van der Waals surface area contributed by atoms with E-state index >= 15 is 0 Å². The van der Waals surface area contributed by atoms with Gasteiger partial charge in [-0.25, -0.2) is 0 Å². The Kier molecular flexibility index (Phi) is 3.56. The van der Waals surface area contributed by atoms with Gasteiger partial charge in [-0.15, -0.1) is 0 Å². The van der Waals surface area contributed by atoms with E-state index in [0.717, 1.165) is 12.3 Å². The molecule has 0 aliphatic carbocycles. The van der Waals surface area contributed by atoms with E-state index in [9.17, 15) is 0 Å². The number of amidine groups is 1. The lowest BCUT2D eigenvalue weighted by Gasteiger charge is -2.23. The van der Waals surface area contributed by atoms with Crippen molar-refractivity contribution in [1.82, 2.24) is 4.90 Å². The summed E-state index contributed by atoms with van der Waals surface area (Å²) in [6.45, 7) is 6.67. The lowest BCUT2D eigenvalue weighted by atomic mass is 9.91. The molecule has 2 nitrogen and oxygen atoms in total. The van der Waals surface area contributed by atoms with Crippen LogP contribution in [0, 0.1) is 5.41 Å². The second-order valence-corrected chi connectivity index (χ2v) is 4.27. The Balaban J connectivity index is 4.12. The van der Waals surface area contributed by atoms with Gasteiger partial charge in [-0.05, 0) is 5.41 Å². The minimum atomic E-state index is 0.332. The fraction of sp³-hybridized carbons (Fsp3) is 0.889. The summed E-state index contributed by atoms with van der Waals surface area (Å²) in [6.07, 6.45) is 1.04. The molecule has 11 heavy (non-hydrogen) atoms. The number of hydrogen-bond acceptors (Lipinski definition) is 1. The molecule has 0 fully saturated rings. The predicted octanol–water partition coefficient (Wildman–Crippen LogP) is 2.01. The Morgan fingerprint density at radius 1 is 1.27 bits per heavy atom. The van der Waals surface area contributed by atoms with Gasteiger partial charge in [0, 0.05) is 27.6 Å². The lowest BCUT2D eigenvalue weighted by Crippen LogP contribution is -2.26. The third kappa shape index (κ3) is 4.82. The van der Waals surface area contributed by atoms with Crippen molar-refractivity contribution in [2.75, 3.05) is 21.1 Å². The van der Waals surface area contributed by atoms with Crippen LogP contribution in [0.3, 0.4) is 0 Å². The summed E-state index contributed by atoms with van der Waals surface area (Å²) in [4.78, 5) is 6.29. The van der Waals surface area contributed by atoms with Crippen LogP contribution in [0.5, 0.6) is 0 Å². The zero-order chi connectivity index (χ0) is 9.07. The monoisotopic (exact) mass is 156 g/mol. The number of aliphatic imine (C=N–C) groups is 1. The summed E-state index contributed by atoms with van der Waals surface area (Å²) in [5, 5.41) is 0. The Morgan fingerprint density at radius 2 is 1.73 bits per heavy atom. The first kappa shape index (κ1) is 10.5. The van der Waals surface area contributed by atoms with Crippen LogP contribution >= 0.6 is 0 Å². The predicted molar refractivity (Wildman–Crippen MR) is 51.1 cm³/mol. The van der Waals surface area contributed by atoms with Gasteiger partial charge in [-0.2, -0.15) is 0 Å². The molecular weight excluding hydrogens is 136 g/mol. The summed E-state index contributed by atoms with van der Waals surface area (Å²) in [5.41, 5.74) is 0.332. The van der Waals surface area contributed by atoms with E-state index in [4.69, 9.17) is 0 Å². The Morgan fingerprint density at radius 3 is 1.82 bits per heavy atom. The third-order valence-corrected chi connectivity index (χ3v) is 1.46. The number of rotatable bonds is 1. The molecule has 2 heteroatoms. The SMILES string of the molecule is CN=C(CC(C)(C)C)N(C)C. The Bertz CT molecular complexity index is 140. The number of nitrogens with zero attached hydrogens (tertiary/aromatic N) is 2. The zero-order valence-corrected chi connectivity index (χ0v) is 8.60. The van der Waals surface area contributed by atoms with Crippen molar-refractivity contribution in [3.63, 3.8) is 0 Å². The first-order valence-corrected chi connectivity index (χ1v) is 4.00. The van der Waals surface area contributed by atoms with E-state index in [-0.39, 0.29) is 0 Å². The molecule has 0 aromatic heterocycles. The van der Waals surface area contributed by atoms with Crippen LogP contribution in [0.4, 0.5) is 0 Å². The van der Waals surface area contributed by atoms with Gasteiger partial charge in [0.1, 0.15) is 0 Å². The standard InChI is InChI=1S/C9H20N2/c1-9(2,3)7-8(10-4)11(5)6/h7H2,1-6H3. The molecule has 0 saturated carbocycles. The average molecular weight is 156 g/mol. The minimum absolute atomic E-state index is 0.332. The van der Waals surface area contributed by atoms with Gasteiger partial charge in [-0.1, -0.05) is 20.8 Å². The first-order chi connectivity index (χ1) is 4.87. The van der Waals surface area contributed by atoms with E-state index in [0.29, 0.717) is 5.41 Å². The van der Waals surface area contributed by atoms with Crippen LogP contribution in [0.1, 0.15) is 27.2 Å². The molecule has 0 heterocycles. The fourth-order valence-electron chi connectivity index (χ4n) is 0.912. The Hall–Kier alpha value is -0.530. The van der Waals surface area contributed by atoms with Gasteiger partial charge in [0.05, 0.1) is 5.84 Å². The maximum atomic E-state index is 4.22. The highest BCUT2D eigenvalue weighted by Gasteiger charge is 2.14. The van der Waals surface area contributed by atoms with Gasteiger partial charge in [-0.3, -0.25) is 4.99 Å². The van der Waals surface area contributed by atoms with Crippen LogP contribution in [0.15, 0.2) is 4.99 Å². The molecule has 0 aromatic carbocycles. The van der Waals surface area contributed by atoms with Gasteiger partial charge in [0.25, 0.3) is 0 Å². The van der Waals surface area contributed by atoms with Crippen molar-refractivity contribution in [3.8, 4) is 0 Å². The van der Waals surface area contributed by atoms with Crippen LogP contribution in [-0.2, 0) is 0 Å². The molecule has 0 rings (SSSR count). The van der Waals surface area contributed by atoms with Gasteiger partial charge < -0.3 is 4.90 Å². The van der Waals surface area contributed by atoms with Crippen molar-refractivity contribution in [1.29, 1.82) is 0 Å². The van der Waals surface area contributed by atoms with E-state index in [1.807, 2.05) is 21.1 Å². The normalized spacial score (nSPS) is 13.5. The highest BCUT2D eigenvalue weighted by molar-refractivity contribution is 5.82. The van der Waals surface area contributed by atoms with Crippen LogP contribution in [-0.4, -0.2) is 31.9 Å². The molecule has 0 unspecified atom stereocenters. The molecule has 0 radical (unpaired) electrons.